The van der Waals surface area contributed by atoms with Crippen molar-refractivity contribution in [1.29, 1.82) is 0 Å². The van der Waals surface area contributed by atoms with Gasteiger partial charge in [-0.15, -0.1) is 0 Å². The number of hydrogen-bond acceptors (Lipinski definition) is 4. The van der Waals surface area contributed by atoms with Gasteiger partial charge in [-0.05, 0) is 116 Å². The lowest BCUT2D eigenvalue weighted by molar-refractivity contribution is 0.332. The lowest BCUT2D eigenvalue weighted by atomic mass is 9.42. The minimum Gasteiger partial charge on any atom is -0.455 e. The number of para-hydroxylation sites is 3. The van der Waals surface area contributed by atoms with Crippen LogP contribution in [0.1, 0.15) is 103 Å². The van der Waals surface area contributed by atoms with Gasteiger partial charge in [-0.25, -0.2) is 0 Å². The molecular formula is C63H55BN2O2. The van der Waals surface area contributed by atoms with Crippen LogP contribution in [-0.4, -0.2) is 6.85 Å². The van der Waals surface area contributed by atoms with Crippen molar-refractivity contribution in [2.45, 2.75) is 96.8 Å². The molecule has 0 saturated carbocycles. The van der Waals surface area contributed by atoms with Crippen molar-refractivity contribution in [3.8, 4) is 22.3 Å². The Morgan fingerprint density at radius 2 is 1.21 bits per heavy atom. The van der Waals surface area contributed by atoms with E-state index in [2.05, 4.69) is 218 Å². The summed E-state index contributed by atoms with van der Waals surface area (Å²) < 4.78 is 14.7. The van der Waals surface area contributed by atoms with Crippen LogP contribution in [0.25, 0.3) is 66.1 Å². The molecule has 0 fully saturated rings. The van der Waals surface area contributed by atoms with Gasteiger partial charge in [-0.2, -0.15) is 0 Å². The Morgan fingerprint density at radius 1 is 0.500 bits per heavy atom. The van der Waals surface area contributed by atoms with Gasteiger partial charge in [0, 0.05) is 60.7 Å². The number of hydrogen-bond donors (Lipinski definition) is 0. The first kappa shape index (κ1) is 40.1. The second-order valence-corrected chi connectivity index (χ2v) is 23.1. The largest absolute Gasteiger partial charge is 0.455 e. The monoisotopic (exact) mass is 882 g/mol. The summed E-state index contributed by atoms with van der Waals surface area (Å²) in [6.45, 7) is 21.2. The van der Waals surface area contributed by atoms with Crippen LogP contribution in [0.5, 0.6) is 0 Å². The fraction of sp³-hybridized carbons (Fsp3) is 0.238. The molecule has 10 aromatic rings. The van der Waals surface area contributed by atoms with E-state index in [9.17, 15) is 0 Å². The highest BCUT2D eigenvalue weighted by Crippen LogP contribution is 2.59. The molecule has 1 aliphatic carbocycles. The molecule has 4 nitrogen and oxygen atoms in total. The van der Waals surface area contributed by atoms with Crippen LogP contribution in [0.3, 0.4) is 0 Å². The molecule has 0 saturated heterocycles. The predicted molar refractivity (Wildman–Crippen MR) is 286 cm³/mol. The zero-order valence-corrected chi connectivity index (χ0v) is 40.6. The van der Waals surface area contributed by atoms with Crippen molar-refractivity contribution in [3.63, 3.8) is 0 Å². The standard InChI is InChI=1S/C63H55BN2O2/c1-60(2,3)37-26-29-49(41(32-37)36-18-11-10-12-19-36)65-51-34-43-38-20-13-16-25-52(38)67-58(43)54-40-21-17-23-45-56(40)66(50-24-15-14-22-44(50)63(45,8)9)64(55(51)54)48-28-27-39-42-33-46-47(35-53(42)68-59(39)57(48)65)62(6,7)31-30-61(46,4)5/h10-29,32-35H,30-31H2,1-9H3. The maximum absolute atomic E-state index is 7.55. The van der Waals surface area contributed by atoms with Crippen molar-refractivity contribution in [1.82, 2.24) is 0 Å². The van der Waals surface area contributed by atoms with E-state index in [1.165, 1.54) is 77.8 Å². The Bertz CT molecular complexity index is 3840. The van der Waals surface area contributed by atoms with Crippen LogP contribution in [0.4, 0.5) is 28.4 Å². The summed E-state index contributed by atoms with van der Waals surface area (Å²) in [6, 6.07) is 55.0. The number of benzene rings is 8. The molecule has 0 unspecified atom stereocenters. The van der Waals surface area contributed by atoms with Crippen molar-refractivity contribution >= 4 is 90.1 Å². The van der Waals surface area contributed by atoms with Gasteiger partial charge >= 0.3 is 6.85 Å². The summed E-state index contributed by atoms with van der Waals surface area (Å²) in [6.07, 6.45) is 2.30. The van der Waals surface area contributed by atoms with Crippen LogP contribution in [0, 0.1) is 0 Å². The van der Waals surface area contributed by atoms with Gasteiger partial charge in [-0.1, -0.05) is 165 Å². The highest BCUT2D eigenvalue weighted by molar-refractivity contribution is 6.94. The van der Waals surface area contributed by atoms with Gasteiger partial charge in [0.1, 0.15) is 16.7 Å². The number of rotatable bonds is 2. The maximum atomic E-state index is 7.55. The molecule has 14 rings (SSSR count). The van der Waals surface area contributed by atoms with Crippen molar-refractivity contribution in [2.75, 3.05) is 9.71 Å². The first-order valence-corrected chi connectivity index (χ1v) is 24.7. The Balaban J connectivity index is 1.19. The fourth-order valence-electron chi connectivity index (χ4n) is 13.0. The molecule has 4 aliphatic rings. The number of furan rings is 2. The third kappa shape index (κ3) is 5.17. The number of fused-ring (bicyclic) bond motifs is 15. The number of anilines is 5. The van der Waals surface area contributed by atoms with E-state index >= 15 is 0 Å². The average Bonchev–Trinajstić information content (AvgIpc) is 3.90. The van der Waals surface area contributed by atoms with Crippen LogP contribution >= 0.6 is 0 Å². The van der Waals surface area contributed by atoms with Gasteiger partial charge in [0.2, 0.25) is 0 Å². The van der Waals surface area contributed by atoms with E-state index in [0.29, 0.717) is 0 Å². The summed E-state index contributed by atoms with van der Waals surface area (Å²) in [5.74, 6) is 0. The molecule has 3 aliphatic heterocycles. The van der Waals surface area contributed by atoms with Gasteiger partial charge < -0.3 is 18.5 Å². The molecular weight excluding hydrogens is 828 g/mol. The van der Waals surface area contributed by atoms with Crippen LogP contribution in [-0.2, 0) is 21.7 Å². The van der Waals surface area contributed by atoms with Crippen LogP contribution in [0.2, 0.25) is 0 Å². The second kappa shape index (κ2) is 13.2. The molecule has 0 bridgehead atoms. The third-order valence-corrected chi connectivity index (χ3v) is 16.8. The molecule has 5 heterocycles. The Hall–Kier alpha value is -6.98. The summed E-state index contributed by atoms with van der Waals surface area (Å²) >= 11 is 0. The molecule has 68 heavy (non-hydrogen) atoms. The Kier molecular flexibility index (Phi) is 7.77. The minimum absolute atomic E-state index is 0.0412. The SMILES string of the molecule is CC(C)(C)c1ccc(N2c3cc4c(oc5ccccc54)c4c3B(c3ccc5c(oc6cc7c(cc65)C(C)(C)CCC7(C)C)c32)N2c3ccccc3C(C)(C)c3cccc-4c32)c(-c2ccccc2)c1. The second-order valence-electron chi connectivity index (χ2n) is 23.1. The summed E-state index contributed by atoms with van der Waals surface area (Å²) in [4.78, 5) is 5.27. The van der Waals surface area contributed by atoms with E-state index in [1.807, 2.05) is 0 Å². The Morgan fingerprint density at radius 3 is 2.00 bits per heavy atom. The van der Waals surface area contributed by atoms with Crippen molar-refractivity contribution < 1.29 is 8.83 Å². The van der Waals surface area contributed by atoms with Crippen molar-refractivity contribution in [2.24, 2.45) is 0 Å². The molecule has 332 valence electrons. The molecule has 0 spiro atoms. The van der Waals surface area contributed by atoms with Gasteiger partial charge in [0.05, 0.1) is 11.4 Å². The predicted octanol–water partition coefficient (Wildman–Crippen LogP) is 16.1. The quantitative estimate of drug-likeness (QED) is 0.162. The molecule has 2 aromatic heterocycles. The van der Waals surface area contributed by atoms with Gasteiger partial charge in [0.25, 0.3) is 0 Å². The van der Waals surface area contributed by atoms with E-state index < -0.39 is 0 Å². The lowest BCUT2D eigenvalue weighted by Gasteiger charge is -2.51. The normalized spacial score (nSPS) is 17.0. The smallest absolute Gasteiger partial charge is 0.333 e. The van der Waals surface area contributed by atoms with Gasteiger partial charge in [0.15, 0.2) is 5.58 Å². The fourth-order valence-corrected chi connectivity index (χ4v) is 13.0. The van der Waals surface area contributed by atoms with Crippen molar-refractivity contribution in [3.05, 3.63) is 173 Å². The number of nitrogens with zero attached hydrogens (tertiary/aromatic N) is 2. The first-order valence-electron chi connectivity index (χ1n) is 24.7. The van der Waals surface area contributed by atoms with Crippen LogP contribution in [0.15, 0.2) is 154 Å². The van der Waals surface area contributed by atoms with E-state index in [-0.39, 0.29) is 28.5 Å². The summed E-state index contributed by atoms with van der Waals surface area (Å²) in [7, 11) is 0. The topological polar surface area (TPSA) is 32.8 Å². The minimum atomic E-state index is -0.243. The highest BCUT2D eigenvalue weighted by atomic mass is 16.3. The molecule has 8 aromatic carbocycles. The first-order chi connectivity index (χ1) is 32.6. The molecule has 0 radical (unpaired) electrons. The van der Waals surface area contributed by atoms with Crippen LogP contribution < -0.4 is 20.6 Å². The van der Waals surface area contributed by atoms with E-state index in [4.69, 9.17) is 8.83 Å². The third-order valence-electron chi connectivity index (χ3n) is 16.8. The summed E-state index contributed by atoms with van der Waals surface area (Å²) in [5.41, 5.74) is 23.3. The Labute approximate surface area is 399 Å². The lowest BCUT2D eigenvalue weighted by Crippen LogP contribution is -2.63. The van der Waals surface area contributed by atoms with Gasteiger partial charge in [-0.3, -0.25) is 0 Å². The molecule has 0 N–H and O–H groups in total. The highest BCUT2D eigenvalue weighted by Gasteiger charge is 2.52. The van der Waals surface area contributed by atoms with E-state index in [0.717, 1.165) is 68.4 Å². The average molecular weight is 883 g/mol. The zero-order chi connectivity index (χ0) is 46.4. The molecule has 0 atom stereocenters. The molecule has 0 amide bonds. The molecule has 5 heteroatoms. The zero-order valence-electron chi connectivity index (χ0n) is 40.6. The van der Waals surface area contributed by atoms with E-state index in [1.54, 1.807) is 0 Å². The maximum Gasteiger partial charge on any atom is 0.333 e. The summed E-state index contributed by atoms with van der Waals surface area (Å²) in [5, 5.41) is 4.56.